The highest BCUT2D eigenvalue weighted by Gasteiger charge is 2.40. The van der Waals surface area contributed by atoms with E-state index in [-0.39, 0.29) is 5.91 Å². The van der Waals surface area contributed by atoms with Crippen molar-refractivity contribution in [1.82, 2.24) is 0 Å². The Kier molecular flexibility index (Phi) is 3.63. The molecule has 0 aromatic heterocycles. The number of carbonyl (C=O) groups excluding carboxylic acids is 1. The average molecular weight is 244 g/mol. The summed E-state index contributed by atoms with van der Waals surface area (Å²) in [4.78, 5) is 12.3. The van der Waals surface area contributed by atoms with Gasteiger partial charge in [0.2, 0.25) is 5.91 Å². The van der Waals surface area contributed by atoms with Gasteiger partial charge in [0.25, 0.3) is 0 Å². The number of rotatable bonds is 2. The van der Waals surface area contributed by atoms with Crippen LogP contribution < -0.4 is 5.32 Å². The van der Waals surface area contributed by atoms with Crippen molar-refractivity contribution < 1.29 is 9.53 Å². The van der Waals surface area contributed by atoms with Gasteiger partial charge in [-0.3, -0.25) is 4.79 Å². The Hall–Kier alpha value is -1.86. The van der Waals surface area contributed by atoms with Crippen LogP contribution in [0.1, 0.15) is 18.4 Å². The van der Waals surface area contributed by atoms with E-state index >= 15 is 0 Å². The topological polar surface area (TPSA) is 62.1 Å². The quantitative estimate of drug-likeness (QED) is 0.868. The second-order valence-electron chi connectivity index (χ2n) is 4.58. The molecule has 0 spiro atoms. The fourth-order valence-corrected chi connectivity index (χ4v) is 2.06. The number of nitrogens with zero attached hydrogens (tertiary/aromatic N) is 1. The first kappa shape index (κ1) is 12.6. The highest BCUT2D eigenvalue weighted by atomic mass is 16.5. The first-order chi connectivity index (χ1) is 8.68. The van der Waals surface area contributed by atoms with Crippen LogP contribution in [-0.4, -0.2) is 19.1 Å². The van der Waals surface area contributed by atoms with E-state index in [1.54, 1.807) is 0 Å². The van der Waals surface area contributed by atoms with Gasteiger partial charge in [0.1, 0.15) is 5.41 Å². The maximum atomic E-state index is 12.3. The number of ether oxygens (including phenoxy) is 1. The molecule has 1 aromatic carbocycles. The van der Waals surface area contributed by atoms with Crippen molar-refractivity contribution in [3.05, 3.63) is 29.8 Å². The number of carbonyl (C=O) groups is 1. The first-order valence-electron chi connectivity index (χ1n) is 6.04. The first-order valence-corrected chi connectivity index (χ1v) is 6.04. The lowest BCUT2D eigenvalue weighted by Gasteiger charge is -2.29. The lowest BCUT2D eigenvalue weighted by Crippen LogP contribution is -2.40. The zero-order valence-corrected chi connectivity index (χ0v) is 10.4. The smallest absolute Gasteiger partial charge is 0.245 e. The predicted octanol–water partition coefficient (Wildman–Crippen LogP) is 2.25. The molecule has 2 rings (SSSR count). The van der Waals surface area contributed by atoms with Crippen LogP contribution >= 0.6 is 0 Å². The van der Waals surface area contributed by atoms with E-state index in [0.29, 0.717) is 26.1 Å². The van der Waals surface area contributed by atoms with Crippen molar-refractivity contribution in [2.24, 2.45) is 5.41 Å². The number of para-hydroxylation sites is 1. The highest BCUT2D eigenvalue weighted by Crippen LogP contribution is 2.31. The van der Waals surface area contributed by atoms with Gasteiger partial charge in [-0.05, 0) is 31.4 Å². The third kappa shape index (κ3) is 2.36. The summed E-state index contributed by atoms with van der Waals surface area (Å²) in [6, 6.07) is 9.72. The maximum absolute atomic E-state index is 12.3. The summed E-state index contributed by atoms with van der Waals surface area (Å²) in [7, 11) is 0. The highest BCUT2D eigenvalue weighted by molar-refractivity contribution is 5.97. The molecular weight excluding hydrogens is 228 g/mol. The fraction of sp³-hybridized carbons (Fsp3) is 0.429. The van der Waals surface area contributed by atoms with E-state index in [2.05, 4.69) is 11.4 Å². The Morgan fingerprint density at radius 2 is 2.06 bits per heavy atom. The monoisotopic (exact) mass is 244 g/mol. The molecule has 0 bridgehead atoms. The predicted molar refractivity (Wildman–Crippen MR) is 67.9 cm³/mol. The van der Waals surface area contributed by atoms with E-state index in [9.17, 15) is 10.1 Å². The second kappa shape index (κ2) is 5.19. The van der Waals surface area contributed by atoms with Crippen LogP contribution in [0.4, 0.5) is 5.69 Å². The Balaban J connectivity index is 2.16. The molecule has 1 aliphatic rings. The Bertz CT molecular complexity index is 485. The molecule has 1 saturated heterocycles. The SMILES string of the molecule is Cc1ccccc1NC(=O)C1(C#N)CCOCC1. The number of benzene rings is 1. The number of nitrogens with one attached hydrogen (secondary N) is 1. The van der Waals surface area contributed by atoms with E-state index in [1.165, 1.54) is 0 Å². The van der Waals surface area contributed by atoms with Crippen molar-refractivity contribution in [3.63, 3.8) is 0 Å². The van der Waals surface area contributed by atoms with Gasteiger partial charge < -0.3 is 10.1 Å². The lowest BCUT2D eigenvalue weighted by molar-refractivity contribution is -0.126. The molecule has 1 N–H and O–H groups in total. The Morgan fingerprint density at radius 3 is 2.67 bits per heavy atom. The second-order valence-corrected chi connectivity index (χ2v) is 4.58. The van der Waals surface area contributed by atoms with E-state index in [4.69, 9.17) is 4.74 Å². The number of amides is 1. The van der Waals surface area contributed by atoms with E-state index in [0.717, 1.165) is 11.3 Å². The van der Waals surface area contributed by atoms with Gasteiger partial charge in [-0.2, -0.15) is 5.26 Å². The Morgan fingerprint density at radius 1 is 1.39 bits per heavy atom. The van der Waals surface area contributed by atoms with Crippen molar-refractivity contribution in [2.75, 3.05) is 18.5 Å². The third-order valence-corrected chi connectivity index (χ3v) is 3.39. The standard InChI is InChI=1S/C14H16N2O2/c1-11-4-2-3-5-12(11)16-13(17)14(10-15)6-8-18-9-7-14/h2-5H,6-9H2,1H3,(H,16,17). The minimum Gasteiger partial charge on any atom is -0.381 e. The largest absolute Gasteiger partial charge is 0.381 e. The van der Waals surface area contributed by atoms with Crippen molar-refractivity contribution in [2.45, 2.75) is 19.8 Å². The summed E-state index contributed by atoms with van der Waals surface area (Å²) in [5.41, 5.74) is 0.815. The molecule has 4 heteroatoms. The molecular formula is C14H16N2O2. The van der Waals surface area contributed by atoms with Gasteiger partial charge in [0, 0.05) is 18.9 Å². The molecule has 1 aliphatic heterocycles. The minimum atomic E-state index is -0.944. The van der Waals surface area contributed by atoms with Gasteiger partial charge in [0.05, 0.1) is 6.07 Å². The van der Waals surface area contributed by atoms with Crippen molar-refractivity contribution in [1.29, 1.82) is 5.26 Å². The van der Waals surface area contributed by atoms with Crippen LogP contribution in [0.15, 0.2) is 24.3 Å². The molecule has 1 aromatic rings. The molecule has 1 amide bonds. The Labute approximate surface area is 107 Å². The van der Waals surface area contributed by atoms with Crippen molar-refractivity contribution >= 4 is 11.6 Å². The molecule has 4 nitrogen and oxygen atoms in total. The molecule has 94 valence electrons. The zero-order chi connectivity index (χ0) is 13.0. The lowest BCUT2D eigenvalue weighted by atomic mass is 9.81. The molecule has 0 saturated carbocycles. The molecule has 0 unspecified atom stereocenters. The molecule has 1 heterocycles. The summed E-state index contributed by atoms with van der Waals surface area (Å²) in [6.45, 7) is 2.86. The number of hydrogen-bond donors (Lipinski definition) is 1. The van der Waals surface area contributed by atoms with Crippen LogP contribution in [0.5, 0.6) is 0 Å². The number of aryl methyl sites for hydroxylation is 1. The molecule has 0 radical (unpaired) electrons. The summed E-state index contributed by atoms with van der Waals surface area (Å²) in [6.07, 6.45) is 0.919. The third-order valence-electron chi connectivity index (χ3n) is 3.39. The van der Waals surface area contributed by atoms with Crippen LogP contribution in [0, 0.1) is 23.7 Å². The maximum Gasteiger partial charge on any atom is 0.245 e. The average Bonchev–Trinajstić information content (AvgIpc) is 2.42. The van der Waals surface area contributed by atoms with Gasteiger partial charge in [-0.1, -0.05) is 18.2 Å². The van der Waals surface area contributed by atoms with Crippen LogP contribution in [-0.2, 0) is 9.53 Å². The molecule has 0 aliphatic carbocycles. The van der Waals surface area contributed by atoms with Gasteiger partial charge >= 0.3 is 0 Å². The van der Waals surface area contributed by atoms with Gasteiger partial charge in [0.15, 0.2) is 0 Å². The van der Waals surface area contributed by atoms with E-state index in [1.807, 2.05) is 31.2 Å². The van der Waals surface area contributed by atoms with Gasteiger partial charge in [-0.25, -0.2) is 0 Å². The van der Waals surface area contributed by atoms with Crippen LogP contribution in [0.2, 0.25) is 0 Å². The summed E-state index contributed by atoms with van der Waals surface area (Å²) < 4.78 is 5.22. The van der Waals surface area contributed by atoms with Gasteiger partial charge in [-0.15, -0.1) is 0 Å². The number of anilines is 1. The molecule has 1 fully saturated rings. The molecule has 0 atom stereocenters. The van der Waals surface area contributed by atoms with Crippen LogP contribution in [0.3, 0.4) is 0 Å². The fourth-order valence-electron chi connectivity index (χ4n) is 2.06. The normalized spacial score (nSPS) is 17.8. The number of hydrogen-bond acceptors (Lipinski definition) is 3. The summed E-state index contributed by atoms with van der Waals surface area (Å²) >= 11 is 0. The summed E-state index contributed by atoms with van der Waals surface area (Å²) in [5, 5.41) is 12.1. The summed E-state index contributed by atoms with van der Waals surface area (Å²) in [5.74, 6) is -0.220. The zero-order valence-electron chi connectivity index (χ0n) is 10.4. The number of nitriles is 1. The minimum absolute atomic E-state index is 0.220. The molecule has 18 heavy (non-hydrogen) atoms. The van der Waals surface area contributed by atoms with E-state index < -0.39 is 5.41 Å². The van der Waals surface area contributed by atoms with Crippen molar-refractivity contribution in [3.8, 4) is 6.07 Å². The van der Waals surface area contributed by atoms with Crippen LogP contribution in [0.25, 0.3) is 0 Å².